The Kier molecular flexibility index (Phi) is 5.09. The molecule has 3 atom stereocenters. The molecule has 1 aliphatic rings. The van der Waals surface area contributed by atoms with Crippen molar-refractivity contribution in [3.8, 4) is 0 Å². The molecule has 90 valence electrons. The molecular formula is C11H16BrNS3. The highest BCUT2D eigenvalue weighted by Crippen LogP contribution is 2.34. The van der Waals surface area contributed by atoms with Crippen LogP contribution < -0.4 is 5.73 Å². The Bertz CT molecular complexity index is 342. The van der Waals surface area contributed by atoms with Crippen LogP contribution in [0, 0.1) is 0 Å². The molecule has 0 radical (unpaired) electrons. The van der Waals surface area contributed by atoms with E-state index in [4.69, 9.17) is 5.73 Å². The lowest BCUT2D eigenvalue weighted by Gasteiger charge is -2.32. The Morgan fingerprint density at radius 1 is 1.50 bits per heavy atom. The van der Waals surface area contributed by atoms with Gasteiger partial charge < -0.3 is 5.73 Å². The molecule has 1 aromatic heterocycles. The van der Waals surface area contributed by atoms with E-state index in [-0.39, 0.29) is 0 Å². The summed E-state index contributed by atoms with van der Waals surface area (Å²) in [6, 6.07) is 2.48. The standard InChI is InChI=1S/C11H16BrNS3/c1-7-11(15-3-2-14-7)10(13)5-9-4-8(12)6-16-9/h4,6-7,10-11H,2-3,5,13H2,1H3. The maximum Gasteiger partial charge on any atom is 0.0318 e. The number of rotatable bonds is 3. The third-order valence-electron chi connectivity index (χ3n) is 2.72. The second kappa shape index (κ2) is 6.14. The fraction of sp³-hybridized carbons (Fsp3) is 0.636. The molecule has 16 heavy (non-hydrogen) atoms. The first-order valence-electron chi connectivity index (χ1n) is 5.38. The van der Waals surface area contributed by atoms with Gasteiger partial charge in [0, 0.05) is 42.8 Å². The summed E-state index contributed by atoms with van der Waals surface area (Å²) in [6.45, 7) is 2.31. The van der Waals surface area contributed by atoms with E-state index in [9.17, 15) is 0 Å². The zero-order valence-electron chi connectivity index (χ0n) is 9.19. The van der Waals surface area contributed by atoms with Crippen LogP contribution in [0.2, 0.25) is 0 Å². The quantitative estimate of drug-likeness (QED) is 0.912. The van der Waals surface area contributed by atoms with Crippen LogP contribution in [-0.2, 0) is 6.42 Å². The van der Waals surface area contributed by atoms with E-state index < -0.39 is 0 Å². The molecule has 5 heteroatoms. The molecule has 0 spiro atoms. The van der Waals surface area contributed by atoms with Crippen LogP contribution in [0.5, 0.6) is 0 Å². The fourth-order valence-corrected chi connectivity index (χ4v) is 6.34. The average Bonchev–Trinajstić information content (AvgIpc) is 2.64. The highest BCUT2D eigenvalue weighted by Gasteiger charge is 2.28. The number of nitrogens with two attached hydrogens (primary N) is 1. The molecule has 0 saturated carbocycles. The van der Waals surface area contributed by atoms with Gasteiger partial charge in [0.25, 0.3) is 0 Å². The number of halogens is 1. The summed E-state index contributed by atoms with van der Waals surface area (Å²) >= 11 is 9.41. The van der Waals surface area contributed by atoms with Gasteiger partial charge >= 0.3 is 0 Å². The minimum Gasteiger partial charge on any atom is -0.326 e. The molecule has 0 aromatic carbocycles. The van der Waals surface area contributed by atoms with Crippen LogP contribution in [-0.4, -0.2) is 28.0 Å². The van der Waals surface area contributed by atoms with Crippen LogP contribution >= 0.6 is 50.8 Å². The Labute approximate surface area is 118 Å². The van der Waals surface area contributed by atoms with E-state index in [2.05, 4.69) is 57.8 Å². The second-order valence-electron chi connectivity index (χ2n) is 4.01. The number of thiophene rings is 1. The van der Waals surface area contributed by atoms with E-state index in [1.807, 2.05) is 0 Å². The van der Waals surface area contributed by atoms with Crippen LogP contribution in [0.4, 0.5) is 0 Å². The third kappa shape index (κ3) is 3.42. The van der Waals surface area contributed by atoms with Gasteiger partial charge in [0.2, 0.25) is 0 Å². The first-order valence-corrected chi connectivity index (χ1v) is 9.15. The van der Waals surface area contributed by atoms with Crippen molar-refractivity contribution >= 4 is 50.8 Å². The van der Waals surface area contributed by atoms with Gasteiger partial charge in [-0.05, 0) is 28.4 Å². The molecule has 1 aliphatic heterocycles. The normalized spacial score (nSPS) is 27.9. The first kappa shape index (κ1) is 13.3. The summed E-state index contributed by atoms with van der Waals surface area (Å²) in [5, 5.41) is 3.44. The highest BCUT2D eigenvalue weighted by molar-refractivity contribution is 9.10. The van der Waals surface area contributed by atoms with Crippen LogP contribution in [0.25, 0.3) is 0 Å². The van der Waals surface area contributed by atoms with Crippen LogP contribution in [0.1, 0.15) is 11.8 Å². The first-order chi connectivity index (χ1) is 7.66. The molecule has 1 saturated heterocycles. The van der Waals surface area contributed by atoms with Crippen molar-refractivity contribution in [3.05, 3.63) is 20.8 Å². The molecule has 1 nitrogen and oxygen atoms in total. The third-order valence-corrected chi connectivity index (χ3v) is 7.71. The summed E-state index contributed by atoms with van der Waals surface area (Å²) in [4.78, 5) is 1.39. The molecular weight excluding hydrogens is 322 g/mol. The zero-order chi connectivity index (χ0) is 11.5. The van der Waals surface area contributed by atoms with Crippen LogP contribution in [0.3, 0.4) is 0 Å². The zero-order valence-corrected chi connectivity index (χ0v) is 13.2. The maximum atomic E-state index is 6.34. The molecule has 0 amide bonds. The van der Waals surface area contributed by atoms with Gasteiger partial charge in [0.1, 0.15) is 0 Å². The lowest BCUT2D eigenvalue weighted by molar-refractivity contribution is 0.626. The van der Waals surface area contributed by atoms with Crippen molar-refractivity contribution in [1.29, 1.82) is 0 Å². The summed E-state index contributed by atoms with van der Waals surface area (Å²) in [6.07, 6.45) is 1.01. The van der Waals surface area contributed by atoms with Crippen molar-refractivity contribution in [2.24, 2.45) is 5.73 Å². The fourth-order valence-electron chi connectivity index (χ4n) is 1.93. The van der Waals surface area contributed by atoms with Crippen molar-refractivity contribution < 1.29 is 0 Å². The highest BCUT2D eigenvalue weighted by atomic mass is 79.9. The molecule has 2 rings (SSSR count). The molecule has 0 bridgehead atoms. The largest absolute Gasteiger partial charge is 0.326 e. The van der Waals surface area contributed by atoms with Gasteiger partial charge in [0.15, 0.2) is 0 Å². The Morgan fingerprint density at radius 3 is 2.88 bits per heavy atom. The van der Waals surface area contributed by atoms with E-state index in [1.54, 1.807) is 11.3 Å². The lowest BCUT2D eigenvalue weighted by Crippen LogP contribution is -2.41. The molecule has 2 N–H and O–H groups in total. The monoisotopic (exact) mass is 337 g/mol. The van der Waals surface area contributed by atoms with Crippen molar-refractivity contribution in [1.82, 2.24) is 0 Å². The van der Waals surface area contributed by atoms with Gasteiger partial charge in [-0.2, -0.15) is 23.5 Å². The smallest absolute Gasteiger partial charge is 0.0318 e. The van der Waals surface area contributed by atoms with Crippen molar-refractivity contribution in [2.45, 2.75) is 29.9 Å². The van der Waals surface area contributed by atoms with Gasteiger partial charge in [-0.25, -0.2) is 0 Å². The average molecular weight is 338 g/mol. The minimum atomic E-state index is 0.290. The minimum absolute atomic E-state index is 0.290. The molecule has 1 aromatic rings. The number of hydrogen-bond acceptors (Lipinski definition) is 4. The van der Waals surface area contributed by atoms with Gasteiger partial charge in [-0.3, -0.25) is 0 Å². The Balaban J connectivity index is 1.93. The maximum absolute atomic E-state index is 6.34. The Hall–Kier alpha value is 0.840. The predicted octanol–water partition coefficient (Wildman–Crippen LogP) is 3.62. The second-order valence-corrected chi connectivity index (χ2v) is 8.69. The van der Waals surface area contributed by atoms with E-state index in [0.29, 0.717) is 16.5 Å². The van der Waals surface area contributed by atoms with Crippen LogP contribution in [0.15, 0.2) is 15.9 Å². The van der Waals surface area contributed by atoms with Gasteiger partial charge in [-0.15, -0.1) is 11.3 Å². The lowest BCUT2D eigenvalue weighted by atomic mass is 10.1. The molecule has 0 aliphatic carbocycles. The number of hydrogen-bond donors (Lipinski definition) is 1. The SMILES string of the molecule is CC1SCCSC1C(N)Cc1cc(Br)cs1. The van der Waals surface area contributed by atoms with E-state index in [0.717, 1.165) is 6.42 Å². The predicted molar refractivity (Wildman–Crippen MR) is 81.9 cm³/mol. The summed E-state index contributed by atoms with van der Waals surface area (Å²) in [5.41, 5.74) is 6.34. The summed E-state index contributed by atoms with van der Waals surface area (Å²) in [7, 11) is 0. The van der Waals surface area contributed by atoms with E-state index in [1.165, 1.54) is 20.9 Å². The molecule has 3 unspecified atom stereocenters. The Morgan fingerprint density at radius 2 is 2.25 bits per heavy atom. The number of thioether (sulfide) groups is 2. The molecule has 2 heterocycles. The van der Waals surface area contributed by atoms with Gasteiger partial charge in [0.05, 0.1) is 0 Å². The topological polar surface area (TPSA) is 26.0 Å². The molecule has 1 fully saturated rings. The van der Waals surface area contributed by atoms with Crippen molar-refractivity contribution in [2.75, 3.05) is 11.5 Å². The summed E-state index contributed by atoms with van der Waals surface area (Å²) in [5.74, 6) is 2.53. The van der Waals surface area contributed by atoms with E-state index >= 15 is 0 Å². The summed E-state index contributed by atoms with van der Waals surface area (Å²) < 4.78 is 1.18. The van der Waals surface area contributed by atoms with Gasteiger partial charge in [-0.1, -0.05) is 6.92 Å². The van der Waals surface area contributed by atoms with Crippen molar-refractivity contribution in [3.63, 3.8) is 0 Å².